The number of benzene rings is 1. The molecule has 19 heavy (non-hydrogen) atoms. The smallest absolute Gasteiger partial charge is 0.251 e. The first-order chi connectivity index (χ1) is 9.00. The Morgan fingerprint density at radius 1 is 1.37 bits per heavy atom. The molecule has 1 aliphatic heterocycles. The van der Waals surface area contributed by atoms with Crippen molar-refractivity contribution in [3.05, 3.63) is 41.4 Å². The first kappa shape index (κ1) is 13.5. The van der Waals surface area contributed by atoms with Crippen LogP contribution in [-0.4, -0.2) is 33.2 Å². The van der Waals surface area contributed by atoms with E-state index in [9.17, 15) is 13.8 Å². The molecule has 1 aliphatic rings. The number of amides is 2. The maximum Gasteiger partial charge on any atom is 0.251 e. The molecule has 2 amide bonds. The number of hydrogen-bond acceptors (Lipinski definition) is 3. The van der Waals surface area contributed by atoms with E-state index in [0.29, 0.717) is 5.69 Å². The van der Waals surface area contributed by atoms with Crippen LogP contribution < -0.4 is 5.32 Å². The Hall–Kier alpha value is -1.95. The van der Waals surface area contributed by atoms with Crippen LogP contribution in [0.2, 0.25) is 0 Å². The van der Waals surface area contributed by atoms with Gasteiger partial charge in [0, 0.05) is 18.8 Å². The zero-order chi connectivity index (χ0) is 14.0. The maximum absolute atomic E-state index is 11.9. The summed E-state index contributed by atoms with van der Waals surface area (Å²) in [5.41, 5.74) is 0.648. The molecule has 1 saturated heterocycles. The van der Waals surface area contributed by atoms with Crippen LogP contribution in [0.15, 0.2) is 41.4 Å². The van der Waals surface area contributed by atoms with Gasteiger partial charge in [-0.25, -0.2) is 0 Å². The Bertz CT molecular complexity index is 569. The van der Waals surface area contributed by atoms with E-state index in [-0.39, 0.29) is 10.9 Å². The van der Waals surface area contributed by atoms with Crippen molar-refractivity contribution in [1.29, 1.82) is 0 Å². The minimum atomic E-state index is -1.47. The Morgan fingerprint density at radius 3 is 2.53 bits per heavy atom. The fraction of sp³-hybridized carbons (Fsp3) is 0.231. The third kappa shape index (κ3) is 2.73. The van der Waals surface area contributed by atoms with Crippen molar-refractivity contribution in [3.63, 3.8) is 0 Å². The van der Waals surface area contributed by atoms with E-state index in [1.165, 1.54) is 18.0 Å². The number of carbonyl (C=O) groups excluding carboxylic acids is 2. The average Bonchev–Trinajstić information content (AvgIpc) is 2.58. The molecule has 6 heteroatoms. The Kier molecular flexibility index (Phi) is 3.80. The molecule has 1 aromatic rings. The van der Waals surface area contributed by atoms with Crippen LogP contribution in [0.25, 0.3) is 0 Å². The van der Waals surface area contributed by atoms with Gasteiger partial charge in [-0.1, -0.05) is 18.2 Å². The monoisotopic (exact) mass is 278 g/mol. The third-order valence-electron chi connectivity index (χ3n) is 2.83. The van der Waals surface area contributed by atoms with Crippen LogP contribution in [0.4, 0.5) is 5.69 Å². The fourth-order valence-electron chi connectivity index (χ4n) is 1.76. The average molecular weight is 278 g/mol. The van der Waals surface area contributed by atoms with E-state index in [1.807, 2.05) is 6.07 Å². The van der Waals surface area contributed by atoms with Crippen molar-refractivity contribution in [2.75, 3.05) is 12.4 Å². The lowest BCUT2D eigenvalue weighted by atomic mass is 10.3. The number of para-hydroxylation sites is 1. The number of nitrogens with one attached hydrogen (secondary N) is 1. The molecule has 1 N–H and O–H groups in total. The van der Waals surface area contributed by atoms with Crippen molar-refractivity contribution >= 4 is 28.3 Å². The van der Waals surface area contributed by atoms with Crippen molar-refractivity contribution in [3.8, 4) is 0 Å². The van der Waals surface area contributed by atoms with Gasteiger partial charge in [-0.15, -0.1) is 0 Å². The number of carbonyl (C=O) groups is 2. The van der Waals surface area contributed by atoms with Gasteiger partial charge in [0.15, 0.2) is 0 Å². The molecular formula is C13H14N2O3S. The Labute approximate surface area is 113 Å². The van der Waals surface area contributed by atoms with Gasteiger partial charge in [0.05, 0.1) is 10.8 Å². The largest absolute Gasteiger partial charge is 0.322 e. The molecule has 1 heterocycles. The van der Waals surface area contributed by atoms with Gasteiger partial charge in [0.25, 0.3) is 5.91 Å². The number of nitrogens with zero attached hydrogens (tertiary/aromatic N) is 1. The summed E-state index contributed by atoms with van der Waals surface area (Å²) in [5.74, 6) is -0.639. The highest BCUT2D eigenvalue weighted by Crippen LogP contribution is 2.23. The maximum atomic E-state index is 11.9. The lowest BCUT2D eigenvalue weighted by Crippen LogP contribution is -2.23. The van der Waals surface area contributed by atoms with Crippen LogP contribution in [0.5, 0.6) is 0 Å². The molecule has 2 atom stereocenters. The molecule has 2 rings (SSSR count). The van der Waals surface area contributed by atoms with Crippen LogP contribution in [-0.2, 0) is 20.4 Å². The second kappa shape index (κ2) is 5.36. The molecule has 0 saturated carbocycles. The minimum Gasteiger partial charge on any atom is -0.322 e. The number of anilines is 1. The van der Waals surface area contributed by atoms with Crippen LogP contribution in [0.1, 0.15) is 6.92 Å². The quantitative estimate of drug-likeness (QED) is 0.823. The van der Waals surface area contributed by atoms with E-state index in [1.54, 1.807) is 31.2 Å². The first-order valence-electron chi connectivity index (χ1n) is 5.76. The summed E-state index contributed by atoms with van der Waals surface area (Å²) < 4.78 is 11.9. The van der Waals surface area contributed by atoms with Crippen molar-refractivity contribution in [2.45, 2.75) is 12.2 Å². The summed E-state index contributed by atoms with van der Waals surface area (Å²) in [7, 11) is 0.0517. The highest BCUT2D eigenvalue weighted by molar-refractivity contribution is 7.90. The standard InChI is InChI=1S/C13H14N2O3S/c1-9-13(17)15(2)12(19(9)18)8-11(16)14-10-6-4-3-5-7-10/h3-9H,1-2H3,(H,14,16)/b12-8-/t9-,19?/m0/s1. The van der Waals surface area contributed by atoms with E-state index in [0.717, 1.165) is 0 Å². The van der Waals surface area contributed by atoms with E-state index in [4.69, 9.17) is 0 Å². The van der Waals surface area contributed by atoms with Crippen molar-refractivity contribution in [1.82, 2.24) is 4.90 Å². The fourth-order valence-corrected chi connectivity index (χ4v) is 3.04. The highest BCUT2D eigenvalue weighted by atomic mass is 32.2. The molecule has 1 unspecified atom stereocenters. The highest BCUT2D eigenvalue weighted by Gasteiger charge is 2.37. The Balaban J connectivity index is 2.16. The summed E-state index contributed by atoms with van der Waals surface area (Å²) in [6.07, 6.45) is 1.21. The topological polar surface area (TPSA) is 66.5 Å². The second-order valence-corrected chi connectivity index (χ2v) is 5.89. The van der Waals surface area contributed by atoms with E-state index < -0.39 is 22.0 Å². The second-order valence-electron chi connectivity index (χ2n) is 4.17. The lowest BCUT2D eigenvalue weighted by molar-refractivity contribution is -0.126. The van der Waals surface area contributed by atoms with Gasteiger partial charge in [-0.05, 0) is 19.1 Å². The van der Waals surface area contributed by atoms with Gasteiger partial charge < -0.3 is 10.2 Å². The van der Waals surface area contributed by atoms with Gasteiger partial charge in [-0.3, -0.25) is 13.8 Å². The summed E-state index contributed by atoms with van der Waals surface area (Å²) in [6, 6.07) is 8.94. The van der Waals surface area contributed by atoms with Crippen LogP contribution in [0, 0.1) is 0 Å². The van der Waals surface area contributed by atoms with Crippen molar-refractivity contribution < 1.29 is 13.8 Å². The summed E-state index contributed by atoms with van der Waals surface area (Å²) in [4.78, 5) is 24.7. The lowest BCUT2D eigenvalue weighted by Gasteiger charge is -2.08. The summed E-state index contributed by atoms with van der Waals surface area (Å²) in [5, 5.41) is 2.30. The molecular weight excluding hydrogens is 264 g/mol. The molecule has 0 aromatic heterocycles. The molecule has 1 aromatic carbocycles. The van der Waals surface area contributed by atoms with Crippen LogP contribution >= 0.6 is 0 Å². The van der Waals surface area contributed by atoms with Crippen molar-refractivity contribution in [2.24, 2.45) is 0 Å². The van der Waals surface area contributed by atoms with Crippen LogP contribution in [0.3, 0.4) is 0 Å². The Morgan fingerprint density at radius 2 is 2.00 bits per heavy atom. The number of hydrogen-bond donors (Lipinski definition) is 1. The molecule has 0 radical (unpaired) electrons. The predicted molar refractivity (Wildman–Crippen MR) is 73.5 cm³/mol. The number of rotatable bonds is 2. The normalized spacial score (nSPS) is 24.8. The molecule has 5 nitrogen and oxygen atoms in total. The molecule has 1 fully saturated rings. The van der Waals surface area contributed by atoms with Gasteiger partial charge >= 0.3 is 0 Å². The predicted octanol–water partition coefficient (Wildman–Crippen LogP) is 1.08. The van der Waals surface area contributed by atoms with Gasteiger partial charge in [0.2, 0.25) is 5.91 Å². The molecule has 100 valence electrons. The minimum absolute atomic E-state index is 0.239. The van der Waals surface area contributed by atoms with E-state index >= 15 is 0 Å². The first-order valence-corrected chi connectivity index (χ1v) is 6.98. The zero-order valence-corrected chi connectivity index (χ0v) is 11.4. The van der Waals surface area contributed by atoms with Gasteiger partial charge in [0.1, 0.15) is 10.3 Å². The SMILES string of the molecule is C[C@H]1C(=O)N(C)/C(=C/C(=O)Nc2ccccc2)S1=O. The summed E-state index contributed by atoms with van der Waals surface area (Å²) in [6.45, 7) is 1.59. The summed E-state index contributed by atoms with van der Waals surface area (Å²) >= 11 is 0. The third-order valence-corrected chi connectivity index (χ3v) is 4.48. The van der Waals surface area contributed by atoms with E-state index in [2.05, 4.69) is 5.32 Å². The zero-order valence-electron chi connectivity index (χ0n) is 10.6. The van der Waals surface area contributed by atoms with Gasteiger partial charge in [-0.2, -0.15) is 0 Å². The molecule has 0 bridgehead atoms. The molecule has 0 aliphatic carbocycles. The molecule has 0 spiro atoms.